The van der Waals surface area contributed by atoms with Crippen LogP contribution >= 0.6 is 11.8 Å². The van der Waals surface area contributed by atoms with Gasteiger partial charge in [0, 0.05) is 26.8 Å². The van der Waals surface area contributed by atoms with E-state index in [-0.39, 0.29) is 18.1 Å². The summed E-state index contributed by atoms with van der Waals surface area (Å²) in [4.78, 5) is 16.4. The minimum atomic E-state index is -1.10. The second-order valence-corrected chi connectivity index (χ2v) is 7.40. The molecule has 0 N–H and O–H groups in total. The lowest BCUT2D eigenvalue weighted by molar-refractivity contribution is -0.115. The van der Waals surface area contributed by atoms with Crippen molar-refractivity contribution in [2.24, 2.45) is 0 Å². The van der Waals surface area contributed by atoms with Crippen molar-refractivity contribution in [2.75, 3.05) is 23.5 Å². The number of carbonyl (C=O) groups excluding carboxylic acids is 1. The van der Waals surface area contributed by atoms with E-state index in [1.54, 1.807) is 18.0 Å². The number of hydrogen-bond donors (Lipinski definition) is 0. The summed E-state index contributed by atoms with van der Waals surface area (Å²) in [7, 11) is -1.10. The number of fused-ring (bicyclic) bond motifs is 2. The molecule has 0 saturated carbocycles. The Hall–Kier alpha value is -1.59. The van der Waals surface area contributed by atoms with Crippen molar-refractivity contribution in [2.45, 2.75) is 9.79 Å². The molecule has 0 saturated heterocycles. The quantitative estimate of drug-likeness (QED) is 0.867. The minimum absolute atomic E-state index is 0.00709. The van der Waals surface area contributed by atoms with Gasteiger partial charge in [0.05, 0.1) is 23.7 Å². The Balaban J connectivity index is 1.98. The third-order valence-electron chi connectivity index (χ3n) is 3.23. The molecule has 1 aliphatic heterocycles. The molecule has 3 nitrogen and oxygen atoms in total. The molecule has 2 aromatic rings. The summed E-state index contributed by atoms with van der Waals surface area (Å²) < 4.78 is 11.3. The van der Waals surface area contributed by atoms with Crippen LogP contribution in [-0.4, -0.2) is 28.5 Å². The van der Waals surface area contributed by atoms with Crippen LogP contribution in [0.15, 0.2) is 58.3 Å². The number of benzene rings is 2. The van der Waals surface area contributed by atoms with Gasteiger partial charge in [-0.1, -0.05) is 36.0 Å². The van der Waals surface area contributed by atoms with Gasteiger partial charge >= 0.3 is 0 Å². The first-order chi connectivity index (χ1) is 10.1. The molecule has 0 fully saturated rings. The molecule has 108 valence electrons. The van der Waals surface area contributed by atoms with E-state index < -0.39 is 10.8 Å². The van der Waals surface area contributed by atoms with E-state index in [9.17, 15) is 9.00 Å². The van der Waals surface area contributed by atoms with Gasteiger partial charge in [-0.15, -0.1) is 0 Å². The highest BCUT2D eigenvalue weighted by Crippen LogP contribution is 2.47. The summed E-state index contributed by atoms with van der Waals surface area (Å²) in [6.45, 7) is 0.258. The maximum absolute atomic E-state index is 12.1. The molecule has 0 spiro atoms. The second-order valence-electron chi connectivity index (χ2n) is 4.88. The van der Waals surface area contributed by atoms with Crippen molar-refractivity contribution in [3.05, 3.63) is 48.5 Å². The minimum Gasteiger partial charge on any atom is -0.332 e. The summed E-state index contributed by atoms with van der Waals surface area (Å²) in [5.74, 6) is 0.0980. The lowest BCUT2D eigenvalue weighted by Crippen LogP contribution is -2.30. The van der Waals surface area contributed by atoms with Gasteiger partial charge in [-0.3, -0.25) is 9.00 Å². The zero-order valence-electron chi connectivity index (χ0n) is 11.6. The fourth-order valence-electron chi connectivity index (χ4n) is 2.40. The molecule has 2 aromatic carbocycles. The molecule has 1 aliphatic rings. The Morgan fingerprint density at radius 3 is 2.10 bits per heavy atom. The topological polar surface area (TPSA) is 37.4 Å². The number of anilines is 2. The van der Waals surface area contributed by atoms with Crippen LogP contribution in [-0.2, 0) is 15.6 Å². The monoisotopic (exact) mass is 317 g/mol. The molecular formula is C16H15NO2S2. The predicted octanol–water partition coefficient (Wildman–Crippen LogP) is 3.24. The van der Waals surface area contributed by atoms with E-state index in [0.717, 1.165) is 21.2 Å². The number of nitrogens with zero attached hydrogens (tertiary/aromatic N) is 1. The van der Waals surface area contributed by atoms with Crippen LogP contribution in [0.4, 0.5) is 11.4 Å². The van der Waals surface area contributed by atoms with Crippen molar-refractivity contribution >= 4 is 39.7 Å². The Labute approximate surface area is 130 Å². The standard InChI is InChI=1S/C16H15NO2S2/c1-21(19)11-12(18)10-17-13-6-2-4-8-15(13)20-16-9-5-3-7-14(16)17/h2-9H,10-11H2,1H3. The van der Waals surface area contributed by atoms with Gasteiger partial charge in [-0.25, -0.2) is 0 Å². The molecule has 5 heteroatoms. The normalized spacial score (nSPS) is 14.2. The molecule has 0 aliphatic carbocycles. The Bertz CT molecular complexity index is 669. The number of rotatable bonds is 4. The number of hydrogen-bond acceptors (Lipinski definition) is 4. The molecule has 1 unspecified atom stereocenters. The van der Waals surface area contributed by atoms with Gasteiger partial charge < -0.3 is 4.90 Å². The first-order valence-electron chi connectivity index (χ1n) is 6.60. The molecule has 1 heterocycles. The van der Waals surface area contributed by atoms with E-state index in [4.69, 9.17) is 0 Å². The highest BCUT2D eigenvalue weighted by atomic mass is 32.2. The van der Waals surface area contributed by atoms with Crippen LogP contribution < -0.4 is 4.90 Å². The predicted molar refractivity (Wildman–Crippen MR) is 88.0 cm³/mol. The van der Waals surface area contributed by atoms with Gasteiger partial charge in [-0.2, -0.15) is 0 Å². The average Bonchev–Trinajstić information content (AvgIpc) is 2.46. The van der Waals surface area contributed by atoms with E-state index in [0.29, 0.717) is 0 Å². The van der Waals surface area contributed by atoms with Crippen LogP contribution in [0.2, 0.25) is 0 Å². The summed E-state index contributed by atoms with van der Waals surface area (Å²) in [5.41, 5.74) is 2.08. The van der Waals surface area contributed by atoms with Crippen LogP contribution in [0.3, 0.4) is 0 Å². The molecule has 0 aromatic heterocycles. The fourth-order valence-corrected chi connectivity index (χ4v) is 4.04. The van der Waals surface area contributed by atoms with E-state index in [2.05, 4.69) is 12.1 Å². The molecule has 3 rings (SSSR count). The molecule has 21 heavy (non-hydrogen) atoms. The smallest absolute Gasteiger partial charge is 0.164 e. The van der Waals surface area contributed by atoms with Crippen molar-refractivity contribution in [1.29, 1.82) is 0 Å². The zero-order chi connectivity index (χ0) is 14.8. The van der Waals surface area contributed by atoms with Crippen LogP contribution in [0.1, 0.15) is 0 Å². The SMILES string of the molecule is CS(=O)CC(=O)CN1c2ccccc2Sc2ccccc21. The zero-order valence-corrected chi connectivity index (χ0v) is 13.2. The molecule has 0 bridgehead atoms. The Kier molecular flexibility index (Phi) is 4.12. The van der Waals surface area contributed by atoms with Crippen molar-refractivity contribution < 1.29 is 9.00 Å². The lowest BCUT2D eigenvalue weighted by Gasteiger charge is -2.32. The highest BCUT2D eigenvalue weighted by molar-refractivity contribution is 7.99. The Morgan fingerprint density at radius 1 is 1.05 bits per heavy atom. The first-order valence-corrected chi connectivity index (χ1v) is 9.14. The maximum atomic E-state index is 12.1. The van der Waals surface area contributed by atoms with Crippen LogP contribution in [0.25, 0.3) is 0 Å². The summed E-state index contributed by atoms with van der Waals surface area (Å²) in [6.07, 6.45) is 1.56. The molecule has 1 atom stereocenters. The third-order valence-corrected chi connectivity index (χ3v) is 5.09. The van der Waals surface area contributed by atoms with E-state index >= 15 is 0 Å². The van der Waals surface area contributed by atoms with Gasteiger partial charge in [0.2, 0.25) is 0 Å². The number of carbonyl (C=O) groups is 1. The van der Waals surface area contributed by atoms with Gasteiger partial charge in [0.1, 0.15) is 0 Å². The number of ketones is 1. The lowest BCUT2D eigenvalue weighted by atomic mass is 10.2. The number of Topliss-reactive ketones (excluding diaryl/α,β-unsaturated/α-hetero) is 1. The van der Waals surface area contributed by atoms with Gasteiger partial charge in [0.25, 0.3) is 0 Å². The maximum Gasteiger partial charge on any atom is 0.164 e. The summed E-state index contributed by atoms with van der Waals surface area (Å²) >= 11 is 1.71. The number of para-hydroxylation sites is 2. The van der Waals surface area contributed by atoms with E-state index in [1.165, 1.54) is 0 Å². The van der Waals surface area contributed by atoms with Crippen LogP contribution in [0.5, 0.6) is 0 Å². The van der Waals surface area contributed by atoms with Crippen LogP contribution in [0, 0.1) is 0 Å². The van der Waals surface area contributed by atoms with Crippen molar-refractivity contribution in [3.63, 3.8) is 0 Å². The third kappa shape index (κ3) is 3.04. The summed E-state index contributed by atoms with van der Waals surface area (Å²) in [6, 6.07) is 16.1. The largest absolute Gasteiger partial charge is 0.332 e. The molecular weight excluding hydrogens is 302 g/mol. The van der Waals surface area contributed by atoms with Crippen molar-refractivity contribution in [3.8, 4) is 0 Å². The fraction of sp³-hybridized carbons (Fsp3) is 0.188. The first kappa shape index (κ1) is 14.4. The second kappa shape index (κ2) is 6.03. The molecule has 0 amide bonds. The summed E-state index contributed by atoms with van der Waals surface area (Å²) in [5, 5.41) is 0. The average molecular weight is 317 g/mol. The van der Waals surface area contributed by atoms with Gasteiger partial charge in [0.15, 0.2) is 5.78 Å². The van der Waals surface area contributed by atoms with E-state index in [1.807, 2.05) is 41.3 Å². The van der Waals surface area contributed by atoms with Gasteiger partial charge in [-0.05, 0) is 24.3 Å². The highest BCUT2D eigenvalue weighted by Gasteiger charge is 2.24. The van der Waals surface area contributed by atoms with Crippen molar-refractivity contribution in [1.82, 2.24) is 0 Å². The Morgan fingerprint density at radius 2 is 1.57 bits per heavy atom. The molecule has 0 radical (unpaired) electrons.